The van der Waals surface area contributed by atoms with Crippen LogP contribution in [0.15, 0.2) is 58.8 Å². The van der Waals surface area contributed by atoms with Gasteiger partial charge >= 0.3 is 5.97 Å². The van der Waals surface area contributed by atoms with Gasteiger partial charge in [0.25, 0.3) is 10.0 Å². The molecule has 0 unspecified atom stereocenters. The molecule has 0 saturated carbocycles. The molecule has 0 radical (unpaired) electrons. The van der Waals surface area contributed by atoms with Gasteiger partial charge in [0.05, 0.1) is 12.7 Å². The zero-order chi connectivity index (χ0) is 23.4. The third-order valence-corrected chi connectivity index (χ3v) is 8.73. The highest BCUT2D eigenvalue weighted by Gasteiger charge is 2.33. The molecule has 0 spiro atoms. The first-order chi connectivity index (χ1) is 15.9. The zero-order valence-corrected chi connectivity index (χ0v) is 20.2. The SMILES string of the molecule is CNS(=O)(=O)c1sc2c(c1C(=O)OC)CCN(Cc1ccc(OCc3ccccc3)cc1)C2. The number of hydrogen-bond acceptors (Lipinski definition) is 7. The van der Waals surface area contributed by atoms with E-state index in [4.69, 9.17) is 9.47 Å². The quantitative estimate of drug-likeness (QED) is 0.490. The average molecular weight is 487 g/mol. The van der Waals surface area contributed by atoms with E-state index in [1.165, 1.54) is 14.2 Å². The molecule has 1 aliphatic heterocycles. The number of hydrogen-bond donors (Lipinski definition) is 1. The van der Waals surface area contributed by atoms with Gasteiger partial charge in [0.15, 0.2) is 0 Å². The minimum atomic E-state index is -3.75. The van der Waals surface area contributed by atoms with Crippen LogP contribution in [0.4, 0.5) is 0 Å². The van der Waals surface area contributed by atoms with Crippen LogP contribution in [0.1, 0.15) is 31.9 Å². The van der Waals surface area contributed by atoms with Crippen molar-refractivity contribution in [2.24, 2.45) is 0 Å². The van der Waals surface area contributed by atoms with Crippen molar-refractivity contribution in [1.82, 2.24) is 9.62 Å². The summed E-state index contributed by atoms with van der Waals surface area (Å²) in [5, 5.41) is 0. The number of esters is 1. The molecule has 2 heterocycles. The van der Waals surface area contributed by atoms with E-state index in [1.807, 2.05) is 54.6 Å². The van der Waals surface area contributed by atoms with Crippen LogP contribution in [0.5, 0.6) is 5.75 Å². The lowest BCUT2D eigenvalue weighted by molar-refractivity contribution is 0.0595. The van der Waals surface area contributed by atoms with Crippen LogP contribution in [0.3, 0.4) is 0 Å². The molecule has 7 nitrogen and oxygen atoms in total. The number of sulfonamides is 1. The predicted octanol–water partition coefficient (Wildman–Crippen LogP) is 3.58. The number of nitrogens with zero attached hydrogens (tertiary/aromatic N) is 1. The Morgan fingerprint density at radius 2 is 1.82 bits per heavy atom. The summed E-state index contributed by atoms with van der Waals surface area (Å²) in [6.45, 7) is 2.54. The number of nitrogens with one attached hydrogen (secondary N) is 1. The van der Waals surface area contributed by atoms with Gasteiger partial charge in [-0.2, -0.15) is 0 Å². The number of carbonyl (C=O) groups is 1. The van der Waals surface area contributed by atoms with Gasteiger partial charge in [-0.1, -0.05) is 42.5 Å². The number of carbonyl (C=O) groups excluding carboxylic acids is 1. The summed E-state index contributed by atoms with van der Waals surface area (Å²) >= 11 is 1.15. The van der Waals surface area contributed by atoms with E-state index < -0.39 is 16.0 Å². The van der Waals surface area contributed by atoms with Gasteiger partial charge in [-0.15, -0.1) is 11.3 Å². The summed E-state index contributed by atoms with van der Waals surface area (Å²) in [6, 6.07) is 18.0. The molecular weight excluding hydrogens is 460 g/mol. The molecule has 0 amide bonds. The molecule has 4 rings (SSSR count). The second kappa shape index (κ2) is 10.0. The molecule has 174 valence electrons. The Morgan fingerprint density at radius 3 is 2.48 bits per heavy atom. The Labute approximate surface area is 198 Å². The molecule has 3 aromatic rings. The predicted molar refractivity (Wildman–Crippen MR) is 127 cm³/mol. The molecule has 2 aromatic carbocycles. The topological polar surface area (TPSA) is 84.9 Å². The number of methoxy groups -OCH3 is 1. The average Bonchev–Trinajstić information content (AvgIpc) is 3.23. The maximum absolute atomic E-state index is 12.5. The number of rotatable bonds is 8. The van der Waals surface area contributed by atoms with Crippen LogP contribution in [0.25, 0.3) is 0 Å². The lowest BCUT2D eigenvalue weighted by atomic mass is 10.0. The van der Waals surface area contributed by atoms with Gasteiger partial charge in [0.2, 0.25) is 0 Å². The second-order valence-corrected chi connectivity index (χ2v) is 10.9. The van der Waals surface area contributed by atoms with Crippen molar-refractivity contribution in [2.75, 3.05) is 20.7 Å². The third-order valence-electron chi connectivity index (χ3n) is 5.58. The van der Waals surface area contributed by atoms with E-state index in [0.29, 0.717) is 19.6 Å². The molecule has 1 N–H and O–H groups in total. The molecule has 1 aromatic heterocycles. The van der Waals surface area contributed by atoms with E-state index in [2.05, 4.69) is 9.62 Å². The largest absolute Gasteiger partial charge is 0.489 e. The molecule has 9 heteroatoms. The minimum absolute atomic E-state index is 0.0311. The van der Waals surface area contributed by atoms with E-state index in [9.17, 15) is 13.2 Å². The number of benzene rings is 2. The van der Waals surface area contributed by atoms with Gasteiger partial charge in [0.1, 0.15) is 16.6 Å². The van der Waals surface area contributed by atoms with Crippen molar-refractivity contribution in [3.8, 4) is 5.75 Å². The Kier molecular flexibility index (Phi) is 7.14. The summed E-state index contributed by atoms with van der Waals surface area (Å²) in [4.78, 5) is 15.5. The molecule has 0 saturated heterocycles. The fourth-order valence-corrected chi connectivity index (χ4v) is 6.61. The van der Waals surface area contributed by atoms with Crippen molar-refractivity contribution in [3.05, 3.63) is 81.7 Å². The maximum Gasteiger partial charge on any atom is 0.340 e. The zero-order valence-electron chi connectivity index (χ0n) is 18.5. The first-order valence-corrected chi connectivity index (χ1v) is 12.9. The van der Waals surface area contributed by atoms with Crippen molar-refractivity contribution >= 4 is 27.3 Å². The number of fused-ring (bicyclic) bond motifs is 1. The molecular formula is C24H26N2O5S2. The third kappa shape index (κ3) is 5.27. The molecule has 0 bridgehead atoms. The Hall–Kier alpha value is -2.72. The van der Waals surface area contributed by atoms with Crippen LogP contribution in [0.2, 0.25) is 0 Å². The van der Waals surface area contributed by atoms with Crippen LogP contribution >= 0.6 is 11.3 Å². The Morgan fingerprint density at radius 1 is 1.09 bits per heavy atom. The van der Waals surface area contributed by atoms with E-state index in [0.717, 1.165) is 51.7 Å². The van der Waals surface area contributed by atoms with E-state index in [1.54, 1.807) is 0 Å². The molecule has 0 atom stereocenters. The highest BCUT2D eigenvalue weighted by Crippen LogP contribution is 2.37. The van der Waals surface area contributed by atoms with Crippen molar-refractivity contribution in [3.63, 3.8) is 0 Å². The van der Waals surface area contributed by atoms with Gasteiger partial charge < -0.3 is 9.47 Å². The summed E-state index contributed by atoms with van der Waals surface area (Å²) in [5.74, 6) is 0.201. The number of thiophene rings is 1. The van der Waals surface area contributed by atoms with Crippen LogP contribution < -0.4 is 9.46 Å². The smallest absolute Gasteiger partial charge is 0.340 e. The van der Waals surface area contributed by atoms with Gasteiger partial charge in [-0.25, -0.2) is 17.9 Å². The highest BCUT2D eigenvalue weighted by molar-refractivity contribution is 7.91. The van der Waals surface area contributed by atoms with Crippen molar-refractivity contribution < 1.29 is 22.7 Å². The fourth-order valence-electron chi connectivity index (χ4n) is 3.85. The first kappa shape index (κ1) is 23.4. The van der Waals surface area contributed by atoms with Crippen molar-refractivity contribution in [1.29, 1.82) is 0 Å². The summed E-state index contributed by atoms with van der Waals surface area (Å²) in [6.07, 6.45) is 0.591. The van der Waals surface area contributed by atoms with E-state index in [-0.39, 0.29) is 9.77 Å². The Balaban J connectivity index is 1.44. The van der Waals surface area contributed by atoms with Crippen LogP contribution in [-0.2, 0) is 40.9 Å². The minimum Gasteiger partial charge on any atom is -0.489 e. The second-order valence-electron chi connectivity index (χ2n) is 7.74. The van der Waals surface area contributed by atoms with Gasteiger partial charge in [-0.3, -0.25) is 4.90 Å². The van der Waals surface area contributed by atoms with Crippen molar-refractivity contribution in [2.45, 2.75) is 30.3 Å². The van der Waals surface area contributed by atoms with Crippen LogP contribution in [-0.4, -0.2) is 40.0 Å². The molecule has 33 heavy (non-hydrogen) atoms. The summed E-state index contributed by atoms with van der Waals surface area (Å²) < 4.78 is 38.0. The maximum atomic E-state index is 12.5. The molecule has 0 aliphatic carbocycles. The highest BCUT2D eigenvalue weighted by atomic mass is 32.2. The first-order valence-electron chi connectivity index (χ1n) is 10.6. The molecule has 1 aliphatic rings. The summed E-state index contributed by atoms with van der Waals surface area (Å²) in [7, 11) is -1.14. The Bertz CT molecular complexity index is 1220. The van der Waals surface area contributed by atoms with Gasteiger partial charge in [0, 0.05) is 24.5 Å². The molecule has 0 fully saturated rings. The van der Waals surface area contributed by atoms with E-state index >= 15 is 0 Å². The summed E-state index contributed by atoms with van der Waals surface area (Å²) in [5.41, 5.74) is 3.21. The standard InChI is InChI=1S/C24H26N2O5S2/c1-25-33(28,29)24-22(23(27)30-2)20-12-13-26(15-21(20)32-24)14-17-8-10-19(11-9-17)31-16-18-6-4-3-5-7-18/h3-11,25H,12-16H2,1-2H3. The lowest BCUT2D eigenvalue weighted by Crippen LogP contribution is -2.30. The van der Waals surface area contributed by atoms with Gasteiger partial charge in [-0.05, 0) is 42.3 Å². The van der Waals surface area contributed by atoms with Crippen LogP contribution in [0, 0.1) is 0 Å². The monoisotopic (exact) mass is 486 g/mol. The fraction of sp³-hybridized carbons (Fsp3) is 0.292. The normalized spacial score (nSPS) is 14.0. The lowest BCUT2D eigenvalue weighted by Gasteiger charge is -2.27. The number of ether oxygens (including phenoxy) is 2.